The van der Waals surface area contributed by atoms with E-state index in [0.717, 1.165) is 11.3 Å². The number of hydrogen-bond donors (Lipinski definition) is 1. The summed E-state index contributed by atoms with van der Waals surface area (Å²) in [6.45, 7) is 3.48. The Labute approximate surface area is 203 Å². The molecule has 0 unspecified atom stereocenters. The number of halogens is 1. The highest BCUT2D eigenvalue weighted by Gasteiger charge is 2.18. The van der Waals surface area contributed by atoms with Crippen molar-refractivity contribution < 1.29 is 9.84 Å². The molecule has 1 aromatic heterocycles. The van der Waals surface area contributed by atoms with Gasteiger partial charge in [0.2, 0.25) is 0 Å². The number of benzene rings is 2. The molecule has 7 heteroatoms. The van der Waals surface area contributed by atoms with Crippen molar-refractivity contribution in [2.24, 2.45) is 20.9 Å². The minimum absolute atomic E-state index is 0.228. The molecule has 0 aliphatic heterocycles. The molecular weight excluding hydrogens is 448 g/mol. The summed E-state index contributed by atoms with van der Waals surface area (Å²) in [4.78, 5) is 17.1. The van der Waals surface area contributed by atoms with Crippen LogP contribution in [-0.2, 0) is 6.61 Å². The van der Waals surface area contributed by atoms with Gasteiger partial charge in [0, 0.05) is 23.2 Å². The van der Waals surface area contributed by atoms with Gasteiger partial charge in [-0.2, -0.15) is 0 Å². The summed E-state index contributed by atoms with van der Waals surface area (Å²) in [6.07, 6.45) is 4.07. The minimum Gasteiger partial charge on any atom is -0.486 e. The first-order valence-corrected chi connectivity index (χ1v) is 11.2. The summed E-state index contributed by atoms with van der Waals surface area (Å²) in [5, 5.41) is 9.90. The highest BCUT2D eigenvalue weighted by molar-refractivity contribution is 6.35. The molecule has 1 heterocycles. The molecule has 0 amide bonds. The lowest BCUT2D eigenvalue weighted by molar-refractivity contribution is 0.301. The van der Waals surface area contributed by atoms with E-state index in [1.54, 1.807) is 24.4 Å². The third-order valence-electron chi connectivity index (χ3n) is 5.02. The van der Waals surface area contributed by atoms with Crippen molar-refractivity contribution in [2.45, 2.75) is 19.4 Å². The van der Waals surface area contributed by atoms with Crippen molar-refractivity contribution in [3.63, 3.8) is 0 Å². The molecule has 3 aromatic rings. The Kier molecular flexibility index (Phi) is 7.82. The molecule has 2 aromatic carbocycles. The molecule has 170 valence electrons. The summed E-state index contributed by atoms with van der Waals surface area (Å²) in [5.41, 5.74) is 2.87. The van der Waals surface area contributed by atoms with Gasteiger partial charge in [-0.3, -0.25) is 4.98 Å². The zero-order valence-corrected chi connectivity index (χ0v) is 19.2. The van der Waals surface area contributed by atoms with Crippen LogP contribution in [0, 0.1) is 17.8 Å². The first-order chi connectivity index (χ1) is 16.7. The average molecular weight is 471 g/mol. The average Bonchev–Trinajstić information content (AvgIpc) is 3.70. The van der Waals surface area contributed by atoms with Gasteiger partial charge in [0.1, 0.15) is 19.1 Å². The number of nitrogens with zero attached hydrogens (tertiary/aromatic N) is 4. The van der Waals surface area contributed by atoms with Crippen LogP contribution >= 0.6 is 11.6 Å². The van der Waals surface area contributed by atoms with Crippen LogP contribution in [-0.4, -0.2) is 35.2 Å². The highest BCUT2D eigenvalue weighted by atomic mass is 35.5. The molecule has 1 aliphatic rings. The van der Waals surface area contributed by atoms with E-state index in [-0.39, 0.29) is 12.4 Å². The largest absolute Gasteiger partial charge is 0.486 e. The molecule has 6 nitrogen and oxygen atoms in total. The Hall–Kier alpha value is -3.79. The first kappa shape index (κ1) is 23.4. The lowest BCUT2D eigenvalue weighted by Gasteiger charge is -2.13. The van der Waals surface area contributed by atoms with Crippen LogP contribution in [0.3, 0.4) is 0 Å². The van der Waals surface area contributed by atoms with Crippen LogP contribution in [0.5, 0.6) is 5.75 Å². The number of pyridine rings is 1. The topological polar surface area (TPSA) is 79.4 Å². The molecule has 1 aliphatic carbocycles. The lowest BCUT2D eigenvalue weighted by atomic mass is 10.1. The summed E-state index contributed by atoms with van der Waals surface area (Å²) in [6, 6.07) is 18.4. The number of ether oxygens (including phenoxy) is 1. The smallest absolute Gasteiger partial charge is 0.166 e. The van der Waals surface area contributed by atoms with Crippen molar-refractivity contribution in [3.8, 4) is 17.6 Å². The van der Waals surface area contributed by atoms with E-state index >= 15 is 0 Å². The number of rotatable bonds is 6. The molecule has 1 fully saturated rings. The molecule has 0 atom stereocenters. The highest BCUT2D eigenvalue weighted by Crippen LogP contribution is 2.29. The van der Waals surface area contributed by atoms with Gasteiger partial charge in [0.15, 0.2) is 11.7 Å². The van der Waals surface area contributed by atoms with Crippen molar-refractivity contribution in [3.05, 3.63) is 94.3 Å². The van der Waals surface area contributed by atoms with Gasteiger partial charge < -0.3 is 9.84 Å². The molecule has 1 saturated carbocycles. The van der Waals surface area contributed by atoms with Gasteiger partial charge in [-0.25, -0.2) is 15.0 Å². The van der Waals surface area contributed by atoms with Gasteiger partial charge in [-0.1, -0.05) is 35.6 Å². The van der Waals surface area contributed by atoms with Crippen LogP contribution in [0.1, 0.15) is 35.2 Å². The normalized spacial score (nSPS) is 13.7. The SMILES string of the molecule is C=N/C(=N\C(=N/CO)c1ccc(C#CC2CC2)cc1)c1c(Cl)cccc1OCc1ccccn1. The monoisotopic (exact) mass is 470 g/mol. The molecule has 0 bridgehead atoms. The zero-order valence-electron chi connectivity index (χ0n) is 18.5. The fraction of sp³-hybridized carbons (Fsp3) is 0.185. The number of aromatic nitrogens is 1. The van der Waals surface area contributed by atoms with E-state index in [1.165, 1.54) is 12.8 Å². The van der Waals surface area contributed by atoms with Crippen molar-refractivity contribution in [2.75, 3.05) is 6.73 Å². The van der Waals surface area contributed by atoms with Crippen molar-refractivity contribution >= 4 is 30.0 Å². The van der Waals surface area contributed by atoms with Crippen LogP contribution in [0.4, 0.5) is 0 Å². The Balaban J connectivity index is 1.63. The number of aliphatic hydroxyl groups excluding tert-OH is 1. The number of aliphatic hydroxyl groups is 1. The Bertz CT molecular complexity index is 1270. The maximum Gasteiger partial charge on any atom is 0.166 e. The maximum absolute atomic E-state index is 9.50. The standard InChI is InChI=1S/C27H23ClN4O2/c1-29-27(25-23(28)6-4-7-24(25)34-17-22-5-2-3-16-30-22)32-26(31-18-33)21-14-12-20(13-15-21)11-10-19-8-9-19/h2-7,12-16,19,33H,1,8-9,17-18H2/b31-26-,32-27-. The molecule has 34 heavy (non-hydrogen) atoms. The second-order valence-electron chi connectivity index (χ2n) is 7.56. The summed E-state index contributed by atoms with van der Waals surface area (Å²) in [7, 11) is 0. The Morgan fingerprint density at radius 1 is 1.09 bits per heavy atom. The second kappa shape index (κ2) is 11.4. The predicted molar refractivity (Wildman–Crippen MR) is 136 cm³/mol. The summed E-state index contributed by atoms with van der Waals surface area (Å²) >= 11 is 6.51. The molecule has 0 saturated heterocycles. The van der Waals surface area contributed by atoms with Crippen LogP contribution < -0.4 is 4.74 Å². The molecular formula is C27H23ClN4O2. The van der Waals surface area contributed by atoms with Gasteiger partial charge in [0.05, 0.1) is 16.3 Å². The minimum atomic E-state index is -0.432. The fourth-order valence-electron chi connectivity index (χ4n) is 3.12. The number of amidine groups is 2. The quantitative estimate of drug-likeness (QED) is 0.315. The summed E-state index contributed by atoms with van der Waals surface area (Å²) in [5.74, 6) is 7.96. The maximum atomic E-state index is 9.50. The Morgan fingerprint density at radius 2 is 1.91 bits per heavy atom. The van der Waals surface area contributed by atoms with Gasteiger partial charge in [0.25, 0.3) is 0 Å². The van der Waals surface area contributed by atoms with Crippen molar-refractivity contribution in [1.29, 1.82) is 0 Å². The molecule has 0 spiro atoms. The Morgan fingerprint density at radius 3 is 2.59 bits per heavy atom. The van der Waals surface area contributed by atoms with Gasteiger partial charge in [-0.15, -0.1) is 0 Å². The third-order valence-corrected chi connectivity index (χ3v) is 5.34. The second-order valence-corrected chi connectivity index (χ2v) is 7.97. The van der Waals surface area contributed by atoms with Crippen molar-refractivity contribution in [1.82, 2.24) is 4.98 Å². The van der Waals surface area contributed by atoms with E-state index in [4.69, 9.17) is 16.3 Å². The van der Waals surface area contributed by atoms with Crippen LogP contribution in [0.15, 0.2) is 81.8 Å². The van der Waals surface area contributed by atoms with Crippen LogP contribution in [0.2, 0.25) is 5.02 Å². The van der Waals surface area contributed by atoms with E-state index in [2.05, 4.69) is 38.5 Å². The van der Waals surface area contributed by atoms with E-state index in [9.17, 15) is 5.11 Å². The van der Waals surface area contributed by atoms with E-state index < -0.39 is 6.73 Å². The molecule has 1 N–H and O–H groups in total. The predicted octanol–water partition coefficient (Wildman–Crippen LogP) is 4.92. The van der Waals surface area contributed by atoms with E-state index in [0.29, 0.717) is 33.7 Å². The first-order valence-electron chi connectivity index (χ1n) is 10.8. The molecule has 0 radical (unpaired) electrons. The van der Waals surface area contributed by atoms with Crippen LogP contribution in [0.25, 0.3) is 0 Å². The number of aliphatic imine (C=N–C) groups is 3. The zero-order chi connectivity index (χ0) is 23.8. The third kappa shape index (κ3) is 6.16. The number of hydrogen-bond acceptors (Lipinski definition) is 4. The fourth-order valence-corrected chi connectivity index (χ4v) is 3.37. The van der Waals surface area contributed by atoms with Gasteiger partial charge in [-0.05, 0) is 68.1 Å². The molecule has 4 rings (SSSR count). The van der Waals surface area contributed by atoms with E-state index in [1.807, 2.05) is 42.5 Å². The summed E-state index contributed by atoms with van der Waals surface area (Å²) < 4.78 is 5.98. The lowest BCUT2D eigenvalue weighted by Crippen LogP contribution is -2.09. The van der Waals surface area contributed by atoms with Gasteiger partial charge >= 0.3 is 0 Å².